The van der Waals surface area contributed by atoms with Crippen LogP contribution in [-0.4, -0.2) is 60.7 Å². The molecule has 4 rings (SSSR count). The van der Waals surface area contributed by atoms with Crippen molar-refractivity contribution in [3.8, 4) is 5.69 Å². The number of morpholine rings is 1. The second-order valence-electron chi connectivity index (χ2n) is 5.80. The average molecular weight is 325 g/mol. The molecule has 0 bridgehead atoms. The Kier molecular flexibility index (Phi) is 4.30. The first-order valence-corrected chi connectivity index (χ1v) is 8.02. The van der Waals surface area contributed by atoms with E-state index in [9.17, 15) is 0 Å². The Morgan fingerprint density at radius 3 is 2.92 bits per heavy atom. The number of ether oxygens (including phenoxy) is 1. The van der Waals surface area contributed by atoms with E-state index in [-0.39, 0.29) is 6.10 Å². The van der Waals surface area contributed by atoms with Gasteiger partial charge in [0, 0.05) is 25.5 Å². The van der Waals surface area contributed by atoms with Crippen molar-refractivity contribution in [2.75, 3.05) is 19.7 Å². The van der Waals surface area contributed by atoms with Crippen molar-refractivity contribution in [1.82, 2.24) is 34.9 Å². The SMILES string of the molecule is c1ccc(-n2nnnc2CN2CCOC(Cn3cccn3)C2)cc1. The molecule has 1 aliphatic rings. The van der Waals surface area contributed by atoms with Gasteiger partial charge in [0.05, 0.1) is 31.5 Å². The first-order chi connectivity index (χ1) is 11.9. The summed E-state index contributed by atoms with van der Waals surface area (Å²) >= 11 is 0. The quantitative estimate of drug-likeness (QED) is 0.689. The van der Waals surface area contributed by atoms with Crippen molar-refractivity contribution in [2.24, 2.45) is 0 Å². The Hall–Kier alpha value is -2.58. The van der Waals surface area contributed by atoms with Gasteiger partial charge in [-0.15, -0.1) is 5.10 Å². The molecular weight excluding hydrogens is 306 g/mol. The minimum Gasteiger partial charge on any atom is -0.374 e. The molecule has 0 saturated carbocycles. The third-order valence-electron chi connectivity index (χ3n) is 4.07. The Morgan fingerprint density at radius 2 is 2.08 bits per heavy atom. The van der Waals surface area contributed by atoms with Gasteiger partial charge < -0.3 is 4.74 Å². The highest BCUT2D eigenvalue weighted by atomic mass is 16.5. The summed E-state index contributed by atoms with van der Waals surface area (Å²) in [6.07, 6.45) is 3.87. The number of para-hydroxylation sites is 1. The van der Waals surface area contributed by atoms with Crippen LogP contribution in [0.15, 0.2) is 48.8 Å². The van der Waals surface area contributed by atoms with E-state index in [2.05, 4.69) is 25.5 Å². The maximum absolute atomic E-state index is 5.85. The number of benzene rings is 1. The molecule has 24 heavy (non-hydrogen) atoms. The lowest BCUT2D eigenvalue weighted by molar-refractivity contribution is -0.0410. The van der Waals surface area contributed by atoms with E-state index in [0.29, 0.717) is 13.2 Å². The zero-order chi connectivity index (χ0) is 16.2. The van der Waals surface area contributed by atoms with Gasteiger partial charge in [0.25, 0.3) is 0 Å². The largest absolute Gasteiger partial charge is 0.374 e. The molecule has 3 heterocycles. The highest BCUT2D eigenvalue weighted by Gasteiger charge is 2.23. The maximum Gasteiger partial charge on any atom is 0.170 e. The summed E-state index contributed by atoms with van der Waals surface area (Å²) in [4.78, 5) is 2.32. The van der Waals surface area contributed by atoms with Gasteiger partial charge in [-0.05, 0) is 28.6 Å². The minimum atomic E-state index is 0.125. The zero-order valence-electron chi connectivity index (χ0n) is 13.3. The zero-order valence-corrected chi connectivity index (χ0v) is 13.3. The fourth-order valence-corrected chi connectivity index (χ4v) is 2.93. The maximum atomic E-state index is 5.85. The van der Waals surface area contributed by atoms with E-state index in [0.717, 1.165) is 31.1 Å². The minimum absolute atomic E-state index is 0.125. The van der Waals surface area contributed by atoms with E-state index in [1.807, 2.05) is 47.3 Å². The van der Waals surface area contributed by atoms with Crippen molar-refractivity contribution in [2.45, 2.75) is 19.2 Å². The molecule has 8 heteroatoms. The first-order valence-electron chi connectivity index (χ1n) is 8.02. The molecule has 1 saturated heterocycles. The second kappa shape index (κ2) is 6.90. The number of hydrogen-bond acceptors (Lipinski definition) is 6. The van der Waals surface area contributed by atoms with E-state index >= 15 is 0 Å². The molecule has 3 aromatic rings. The van der Waals surface area contributed by atoms with Crippen LogP contribution in [0, 0.1) is 0 Å². The Labute approximate surface area is 139 Å². The molecule has 1 atom stereocenters. The van der Waals surface area contributed by atoms with E-state index < -0.39 is 0 Å². The third-order valence-corrected chi connectivity index (χ3v) is 4.07. The lowest BCUT2D eigenvalue weighted by Crippen LogP contribution is -2.44. The van der Waals surface area contributed by atoms with Gasteiger partial charge in [-0.2, -0.15) is 9.78 Å². The standard InChI is InChI=1S/C16H19N7O/c1-2-5-14(6-3-1)23-16(18-19-20-23)13-21-9-10-24-15(11-21)12-22-8-4-7-17-22/h1-8,15H,9-13H2. The number of rotatable bonds is 5. The number of nitrogens with zero attached hydrogens (tertiary/aromatic N) is 7. The van der Waals surface area contributed by atoms with Crippen LogP contribution in [0.3, 0.4) is 0 Å². The van der Waals surface area contributed by atoms with Gasteiger partial charge in [-0.3, -0.25) is 9.58 Å². The third kappa shape index (κ3) is 3.34. The average Bonchev–Trinajstić information content (AvgIpc) is 3.28. The van der Waals surface area contributed by atoms with E-state index in [1.54, 1.807) is 10.9 Å². The molecule has 0 N–H and O–H groups in total. The summed E-state index contributed by atoms with van der Waals surface area (Å²) in [5.74, 6) is 0.834. The summed E-state index contributed by atoms with van der Waals surface area (Å²) < 4.78 is 9.55. The predicted molar refractivity (Wildman–Crippen MR) is 86.4 cm³/mol. The summed E-state index contributed by atoms with van der Waals surface area (Å²) in [6.45, 7) is 3.87. The normalized spacial score (nSPS) is 18.8. The lowest BCUT2D eigenvalue weighted by Gasteiger charge is -2.32. The van der Waals surface area contributed by atoms with E-state index in [4.69, 9.17) is 4.74 Å². The predicted octanol–water partition coefficient (Wildman–Crippen LogP) is 0.760. The van der Waals surface area contributed by atoms with E-state index in [1.165, 1.54) is 0 Å². The molecular formula is C16H19N7O. The van der Waals surface area contributed by atoms with Crippen molar-refractivity contribution in [1.29, 1.82) is 0 Å². The molecule has 8 nitrogen and oxygen atoms in total. The van der Waals surface area contributed by atoms with Crippen LogP contribution in [0.2, 0.25) is 0 Å². The van der Waals surface area contributed by atoms with Gasteiger partial charge in [-0.1, -0.05) is 18.2 Å². The molecule has 1 aliphatic heterocycles. The molecule has 0 amide bonds. The molecule has 0 radical (unpaired) electrons. The molecule has 1 aromatic carbocycles. The number of hydrogen-bond donors (Lipinski definition) is 0. The smallest absolute Gasteiger partial charge is 0.170 e. The van der Waals surface area contributed by atoms with Crippen molar-refractivity contribution in [3.05, 3.63) is 54.6 Å². The molecule has 2 aromatic heterocycles. The van der Waals surface area contributed by atoms with Crippen molar-refractivity contribution in [3.63, 3.8) is 0 Å². The molecule has 1 fully saturated rings. The Bertz CT molecular complexity index is 756. The van der Waals surface area contributed by atoms with Crippen LogP contribution in [0.1, 0.15) is 5.82 Å². The molecule has 0 spiro atoms. The molecule has 124 valence electrons. The van der Waals surface area contributed by atoms with Gasteiger partial charge in [0.2, 0.25) is 0 Å². The highest BCUT2D eigenvalue weighted by molar-refractivity contribution is 5.30. The van der Waals surface area contributed by atoms with Crippen LogP contribution in [0.5, 0.6) is 0 Å². The fourth-order valence-electron chi connectivity index (χ4n) is 2.93. The second-order valence-corrected chi connectivity index (χ2v) is 5.80. The fraction of sp³-hybridized carbons (Fsp3) is 0.375. The van der Waals surface area contributed by atoms with Crippen LogP contribution in [0.25, 0.3) is 5.69 Å². The van der Waals surface area contributed by atoms with Gasteiger partial charge in [0.1, 0.15) is 0 Å². The van der Waals surface area contributed by atoms with Crippen LogP contribution >= 0.6 is 0 Å². The summed E-state index contributed by atoms with van der Waals surface area (Å²) in [7, 11) is 0. The van der Waals surface area contributed by atoms with Crippen LogP contribution in [0.4, 0.5) is 0 Å². The van der Waals surface area contributed by atoms with Crippen molar-refractivity contribution >= 4 is 0 Å². The summed E-state index contributed by atoms with van der Waals surface area (Å²) in [5, 5.41) is 16.4. The summed E-state index contributed by atoms with van der Waals surface area (Å²) in [5.41, 5.74) is 0.971. The number of tetrazole rings is 1. The monoisotopic (exact) mass is 325 g/mol. The molecule has 1 unspecified atom stereocenters. The van der Waals surface area contributed by atoms with Crippen LogP contribution < -0.4 is 0 Å². The van der Waals surface area contributed by atoms with Gasteiger partial charge in [0.15, 0.2) is 5.82 Å². The van der Waals surface area contributed by atoms with Gasteiger partial charge in [-0.25, -0.2) is 0 Å². The van der Waals surface area contributed by atoms with Crippen LogP contribution in [-0.2, 0) is 17.8 Å². The van der Waals surface area contributed by atoms with Gasteiger partial charge >= 0.3 is 0 Å². The Morgan fingerprint density at radius 1 is 1.17 bits per heavy atom. The topological polar surface area (TPSA) is 73.9 Å². The summed E-state index contributed by atoms with van der Waals surface area (Å²) in [6, 6.07) is 11.9. The highest BCUT2D eigenvalue weighted by Crippen LogP contribution is 2.13. The first kappa shape index (κ1) is 15.0. The Balaban J connectivity index is 1.43. The van der Waals surface area contributed by atoms with Crippen molar-refractivity contribution < 1.29 is 4.74 Å². The molecule has 0 aliphatic carbocycles. The lowest BCUT2D eigenvalue weighted by atomic mass is 10.2. The number of aromatic nitrogens is 6.